The number of nitrogens with zero attached hydrogens (tertiary/aromatic N) is 1. The van der Waals surface area contributed by atoms with Gasteiger partial charge in [0.1, 0.15) is 11.5 Å². The van der Waals surface area contributed by atoms with Gasteiger partial charge in [0.15, 0.2) is 0 Å². The topological polar surface area (TPSA) is 91.9 Å². The van der Waals surface area contributed by atoms with E-state index in [0.717, 1.165) is 18.5 Å². The van der Waals surface area contributed by atoms with Gasteiger partial charge in [-0.3, -0.25) is 15.2 Å². The highest BCUT2D eigenvalue weighted by Gasteiger charge is 2.03. The first-order chi connectivity index (χ1) is 8.63. The summed E-state index contributed by atoms with van der Waals surface area (Å²) in [6, 6.07) is 3.64. The van der Waals surface area contributed by atoms with Crippen molar-refractivity contribution in [2.24, 2.45) is 5.73 Å². The predicted octanol–water partition coefficient (Wildman–Crippen LogP) is 1.13. The van der Waals surface area contributed by atoms with Crippen molar-refractivity contribution >= 4 is 23.5 Å². The van der Waals surface area contributed by atoms with Crippen LogP contribution >= 0.6 is 11.8 Å². The first-order valence-corrected chi connectivity index (χ1v) is 6.92. The molecule has 0 aliphatic rings. The van der Waals surface area contributed by atoms with E-state index in [1.807, 2.05) is 13.0 Å². The van der Waals surface area contributed by atoms with Crippen LogP contribution in [0.4, 0.5) is 0 Å². The number of nitrogens with one attached hydrogen (secondary N) is 2. The average molecular weight is 266 g/mol. The molecular formula is C12H18N4OS. The molecule has 0 unspecified atom stereocenters. The Bertz CT molecular complexity index is 422. The summed E-state index contributed by atoms with van der Waals surface area (Å²) in [5.74, 6) is 1.17. The van der Waals surface area contributed by atoms with E-state index in [1.165, 1.54) is 11.8 Å². The van der Waals surface area contributed by atoms with Gasteiger partial charge < -0.3 is 11.1 Å². The van der Waals surface area contributed by atoms with Crippen molar-refractivity contribution in [2.75, 3.05) is 12.3 Å². The summed E-state index contributed by atoms with van der Waals surface area (Å²) in [5, 5.41) is 10.1. The van der Waals surface area contributed by atoms with Crippen LogP contribution in [0, 0.1) is 5.41 Å². The first kappa shape index (κ1) is 14.5. The van der Waals surface area contributed by atoms with Gasteiger partial charge in [-0.1, -0.05) is 6.92 Å². The number of carbonyl (C=O) groups is 1. The highest BCUT2D eigenvalue weighted by Crippen LogP contribution is 2.12. The van der Waals surface area contributed by atoms with E-state index in [-0.39, 0.29) is 11.7 Å². The Morgan fingerprint density at radius 3 is 3.06 bits per heavy atom. The van der Waals surface area contributed by atoms with Crippen molar-refractivity contribution in [3.05, 3.63) is 29.6 Å². The molecule has 1 heterocycles. The van der Waals surface area contributed by atoms with E-state index in [9.17, 15) is 4.79 Å². The van der Waals surface area contributed by atoms with Crippen molar-refractivity contribution < 1.29 is 4.79 Å². The summed E-state index contributed by atoms with van der Waals surface area (Å²) in [6.45, 7) is 2.75. The van der Waals surface area contributed by atoms with Gasteiger partial charge in [0.05, 0.1) is 5.75 Å². The average Bonchev–Trinajstić information content (AvgIpc) is 2.36. The fourth-order valence-corrected chi connectivity index (χ4v) is 2.09. The third-order valence-corrected chi connectivity index (χ3v) is 3.18. The molecule has 0 aromatic carbocycles. The molecule has 0 bridgehead atoms. The van der Waals surface area contributed by atoms with Gasteiger partial charge in [-0.25, -0.2) is 0 Å². The van der Waals surface area contributed by atoms with Crippen LogP contribution in [0.25, 0.3) is 0 Å². The Kier molecular flexibility index (Phi) is 6.21. The molecule has 1 aromatic rings. The molecule has 0 atom stereocenters. The SMILES string of the molecule is CCCNC(=O)CSCc1ccnc(C(=N)N)c1. The Balaban J connectivity index is 2.37. The zero-order valence-corrected chi connectivity index (χ0v) is 11.2. The van der Waals surface area contributed by atoms with Crippen LogP contribution in [0.5, 0.6) is 0 Å². The number of carbonyl (C=O) groups excluding carboxylic acids is 1. The smallest absolute Gasteiger partial charge is 0.230 e. The lowest BCUT2D eigenvalue weighted by molar-refractivity contribution is -0.118. The number of rotatable bonds is 7. The summed E-state index contributed by atoms with van der Waals surface area (Å²) < 4.78 is 0. The van der Waals surface area contributed by atoms with Gasteiger partial charge in [-0.2, -0.15) is 0 Å². The Labute approximate surface area is 111 Å². The maximum absolute atomic E-state index is 11.4. The third-order valence-electron chi connectivity index (χ3n) is 2.17. The Morgan fingerprint density at radius 1 is 1.61 bits per heavy atom. The number of aromatic nitrogens is 1. The summed E-state index contributed by atoms with van der Waals surface area (Å²) >= 11 is 1.53. The van der Waals surface area contributed by atoms with E-state index in [4.69, 9.17) is 11.1 Å². The lowest BCUT2D eigenvalue weighted by atomic mass is 10.2. The molecule has 1 rings (SSSR count). The number of pyridine rings is 1. The van der Waals surface area contributed by atoms with Crippen LogP contribution in [0.2, 0.25) is 0 Å². The van der Waals surface area contributed by atoms with Gasteiger partial charge in [0, 0.05) is 18.5 Å². The molecule has 5 nitrogen and oxygen atoms in total. The Morgan fingerprint density at radius 2 is 2.39 bits per heavy atom. The van der Waals surface area contributed by atoms with E-state index >= 15 is 0 Å². The number of amides is 1. The summed E-state index contributed by atoms with van der Waals surface area (Å²) in [5.41, 5.74) is 6.86. The second-order valence-electron chi connectivity index (χ2n) is 3.81. The van der Waals surface area contributed by atoms with Crippen LogP contribution in [-0.4, -0.2) is 29.0 Å². The molecular weight excluding hydrogens is 248 g/mol. The molecule has 98 valence electrons. The highest BCUT2D eigenvalue weighted by atomic mass is 32.2. The van der Waals surface area contributed by atoms with Crippen molar-refractivity contribution in [3.8, 4) is 0 Å². The van der Waals surface area contributed by atoms with Gasteiger partial charge in [-0.15, -0.1) is 11.8 Å². The zero-order chi connectivity index (χ0) is 13.4. The van der Waals surface area contributed by atoms with Crippen LogP contribution in [-0.2, 0) is 10.5 Å². The van der Waals surface area contributed by atoms with Gasteiger partial charge in [-0.05, 0) is 24.1 Å². The minimum atomic E-state index is -0.0393. The number of nitrogens with two attached hydrogens (primary N) is 1. The maximum Gasteiger partial charge on any atom is 0.230 e. The quantitative estimate of drug-likeness (QED) is 0.509. The maximum atomic E-state index is 11.4. The Hall–Kier alpha value is -1.56. The second-order valence-corrected chi connectivity index (χ2v) is 4.79. The molecule has 6 heteroatoms. The van der Waals surface area contributed by atoms with Crippen molar-refractivity contribution in [3.63, 3.8) is 0 Å². The van der Waals surface area contributed by atoms with Crippen LogP contribution < -0.4 is 11.1 Å². The minimum absolute atomic E-state index is 0.0393. The lowest BCUT2D eigenvalue weighted by Crippen LogP contribution is -2.25. The minimum Gasteiger partial charge on any atom is -0.382 e. The molecule has 1 aromatic heterocycles. The predicted molar refractivity (Wildman–Crippen MR) is 74.7 cm³/mol. The van der Waals surface area contributed by atoms with Crippen LogP contribution in [0.15, 0.2) is 18.3 Å². The van der Waals surface area contributed by atoms with Crippen molar-refractivity contribution in [1.82, 2.24) is 10.3 Å². The molecule has 0 aliphatic heterocycles. The monoisotopic (exact) mass is 266 g/mol. The van der Waals surface area contributed by atoms with E-state index in [1.54, 1.807) is 12.3 Å². The number of amidine groups is 1. The van der Waals surface area contributed by atoms with E-state index < -0.39 is 0 Å². The molecule has 1 amide bonds. The summed E-state index contributed by atoms with van der Waals surface area (Å²) in [6.07, 6.45) is 2.58. The molecule has 18 heavy (non-hydrogen) atoms. The fourth-order valence-electron chi connectivity index (χ4n) is 1.29. The van der Waals surface area contributed by atoms with E-state index in [2.05, 4.69) is 10.3 Å². The van der Waals surface area contributed by atoms with Crippen molar-refractivity contribution in [2.45, 2.75) is 19.1 Å². The molecule has 0 spiro atoms. The molecule has 0 radical (unpaired) electrons. The zero-order valence-electron chi connectivity index (χ0n) is 10.4. The van der Waals surface area contributed by atoms with Gasteiger partial charge >= 0.3 is 0 Å². The summed E-state index contributed by atoms with van der Waals surface area (Å²) in [7, 11) is 0. The fraction of sp³-hybridized carbons (Fsp3) is 0.417. The normalized spacial score (nSPS) is 10.1. The number of nitrogen functional groups attached to an aromatic ring is 1. The molecule has 0 fully saturated rings. The van der Waals surface area contributed by atoms with Gasteiger partial charge in [0.25, 0.3) is 0 Å². The van der Waals surface area contributed by atoms with Crippen molar-refractivity contribution in [1.29, 1.82) is 5.41 Å². The summed E-state index contributed by atoms with van der Waals surface area (Å²) in [4.78, 5) is 15.4. The lowest BCUT2D eigenvalue weighted by Gasteiger charge is -2.04. The van der Waals surface area contributed by atoms with E-state index in [0.29, 0.717) is 17.2 Å². The highest BCUT2D eigenvalue weighted by molar-refractivity contribution is 7.99. The van der Waals surface area contributed by atoms with Gasteiger partial charge in [0.2, 0.25) is 5.91 Å². The first-order valence-electron chi connectivity index (χ1n) is 5.77. The van der Waals surface area contributed by atoms with Crippen LogP contribution in [0.1, 0.15) is 24.6 Å². The largest absolute Gasteiger partial charge is 0.382 e. The van der Waals surface area contributed by atoms with Crippen LogP contribution in [0.3, 0.4) is 0 Å². The number of hydrogen-bond acceptors (Lipinski definition) is 4. The standard InChI is InChI=1S/C12H18N4OS/c1-2-4-16-11(17)8-18-7-9-3-5-15-10(6-9)12(13)14/h3,5-6H,2,4,7-8H2,1H3,(H3,13,14)(H,16,17). The molecule has 0 aliphatic carbocycles. The molecule has 0 saturated carbocycles. The number of hydrogen-bond donors (Lipinski definition) is 3. The molecule has 4 N–H and O–H groups in total. The molecule has 0 saturated heterocycles. The number of thioether (sulfide) groups is 1. The third kappa shape index (κ3) is 5.18. The second kappa shape index (κ2) is 7.71.